The largest absolute Gasteiger partial charge is 0.358 e. The van der Waals surface area contributed by atoms with Gasteiger partial charge in [0.05, 0.1) is 5.69 Å². The molecule has 3 rings (SSSR count). The molecule has 0 saturated carbocycles. The molecule has 1 aromatic carbocycles. The average Bonchev–Trinajstić information content (AvgIpc) is 2.39. The van der Waals surface area contributed by atoms with Crippen molar-refractivity contribution in [1.29, 1.82) is 0 Å². The molecule has 0 spiro atoms. The van der Waals surface area contributed by atoms with Crippen molar-refractivity contribution in [2.24, 2.45) is 0 Å². The van der Waals surface area contributed by atoms with Gasteiger partial charge in [-0.15, -0.1) is 0 Å². The Kier molecular flexibility index (Phi) is 2.52. The molecule has 0 aliphatic heterocycles. The highest BCUT2D eigenvalue weighted by Gasteiger charge is 2.08. The number of pyridine rings is 1. The Labute approximate surface area is 108 Å². The maximum Gasteiger partial charge on any atom is 0.358 e. The van der Waals surface area contributed by atoms with Crippen molar-refractivity contribution in [3.8, 4) is 5.69 Å². The lowest BCUT2D eigenvalue weighted by molar-refractivity contribution is 0.793. The molecule has 0 atom stereocenters. The van der Waals surface area contributed by atoms with E-state index in [0.717, 1.165) is 10.1 Å². The molecule has 0 N–H and O–H groups in total. The minimum atomic E-state index is -0.568. The lowest BCUT2D eigenvalue weighted by Gasteiger charge is -2.06. The minimum absolute atomic E-state index is 0.363. The molecule has 2 heterocycles. The van der Waals surface area contributed by atoms with Gasteiger partial charge in [0, 0.05) is 6.20 Å². The molecule has 0 fully saturated rings. The molecule has 0 bridgehead atoms. The van der Waals surface area contributed by atoms with E-state index >= 15 is 0 Å². The Morgan fingerprint density at radius 3 is 2.53 bits per heavy atom. The first-order chi connectivity index (χ1) is 9.16. The number of aryl methyl sites for hydroxylation is 1. The number of fused-ring (bicyclic) bond motifs is 1. The molecule has 3 aromatic rings. The Balaban J connectivity index is 2.43. The Hall–Kier alpha value is -2.69. The van der Waals surface area contributed by atoms with E-state index in [1.165, 1.54) is 4.40 Å². The zero-order valence-corrected chi connectivity index (χ0v) is 10.3. The van der Waals surface area contributed by atoms with E-state index in [2.05, 4.69) is 4.98 Å². The second-order valence-electron chi connectivity index (χ2n) is 4.28. The molecule has 0 aliphatic rings. The van der Waals surface area contributed by atoms with Gasteiger partial charge in [-0.2, -0.15) is 4.98 Å². The molecule has 2 aromatic heterocycles. The van der Waals surface area contributed by atoms with Crippen LogP contribution in [-0.4, -0.2) is 14.0 Å². The molecular formula is C14H11N3O2. The first kappa shape index (κ1) is 11.4. The van der Waals surface area contributed by atoms with Crippen molar-refractivity contribution in [3.63, 3.8) is 0 Å². The summed E-state index contributed by atoms with van der Waals surface area (Å²) >= 11 is 0. The van der Waals surface area contributed by atoms with Gasteiger partial charge >= 0.3 is 11.4 Å². The number of rotatable bonds is 1. The maximum atomic E-state index is 12.3. The van der Waals surface area contributed by atoms with Crippen LogP contribution >= 0.6 is 0 Å². The van der Waals surface area contributed by atoms with Crippen LogP contribution in [0.4, 0.5) is 0 Å². The lowest BCUT2D eigenvalue weighted by Crippen LogP contribution is -2.37. The van der Waals surface area contributed by atoms with Crippen molar-refractivity contribution in [2.45, 2.75) is 6.92 Å². The van der Waals surface area contributed by atoms with Gasteiger partial charge in [0.1, 0.15) is 5.65 Å². The summed E-state index contributed by atoms with van der Waals surface area (Å²) in [5.74, 6) is 0. The zero-order chi connectivity index (χ0) is 13.4. The highest BCUT2D eigenvalue weighted by Crippen LogP contribution is 2.03. The third-order valence-electron chi connectivity index (χ3n) is 2.90. The zero-order valence-electron chi connectivity index (χ0n) is 10.3. The molecule has 0 radical (unpaired) electrons. The van der Waals surface area contributed by atoms with Crippen LogP contribution in [0.15, 0.2) is 58.3 Å². The van der Waals surface area contributed by atoms with Crippen LogP contribution in [0.25, 0.3) is 11.3 Å². The highest BCUT2D eigenvalue weighted by atomic mass is 16.2. The summed E-state index contributed by atoms with van der Waals surface area (Å²) in [6, 6.07) is 12.3. The van der Waals surface area contributed by atoms with Gasteiger partial charge in [0.25, 0.3) is 0 Å². The Bertz CT molecular complexity index is 863. The van der Waals surface area contributed by atoms with Gasteiger partial charge in [-0.3, -0.25) is 4.40 Å². The maximum absolute atomic E-state index is 12.3. The quantitative estimate of drug-likeness (QED) is 0.653. The molecule has 0 unspecified atom stereocenters. The van der Waals surface area contributed by atoms with Gasteiger partial charge in [-0.05, 0) is 36.8 Å². The van der Waals surface area contributed by atoms with E-state index in [-0.39, 0.29) is 0 Å². The first-order valence-electron chi connectivity index (χ1n) is 5.84. The average molecular weight is 253 g/mol. The van der Waals surface area contributed by atoms with Crippen LogP contribution in [-0.2, 0) is 0 Å². The summed E-state index contributed by atoms with van der Waals surface area (Å²) < 4.78 is 2.42. The third kappa shape index (κ3) is 1.85. The standard InChI is InChI=1S/C14H11N3O2/c1-10-7-8-16-12(9-10)15-13(18)17(14(16)19)11-5-3-2-4-6-11/h2-9H,1H3. The number of benzene rings is 1. The van der Waals surface area contributed by atoms with Gasteiger partial charge in [0.15, 0.2) is 0 Å². The van der Waals surface area contributed by atoms with E-state index < -0.39 is 11.4 Å². The van der Waals surface area contributed by atoms with Crippen molar-refractivity contribution in [2.75, 3.05) is 0 Å². The highest BCUT2D eigenvalue weighted by molar-refractivity contribution is 5.40. The van der Waals surface area contributed by atoms with Crippen LogP contribution in [0.5, 0.6) is 0 Å². The fourth-order valence-corrected chi connectivity index (χ4v) is 1.97. The molecular weight excluding hydrogens is 242 g/mol. The van der Waals surface area contributed by atoms with E-state index in [1.807, 2.05) is 13.0 Å². The Morgan fingerprint density at radius 2 is 1.79 bits per heavy atom. The second kappa shape index (κ2) is 4.20. The number of para-hydroxylation sites is 1. The third-order valence-corrected chi connectivity index (χ3v) is 2.90. The van der Waals surface area contributed by atoms with Gasteiger partial charge in [0.2, 0.25) is 0 Å². The molecule has 5 nitrogen and oxygen atoms in total. The first-order valence-corrected chi connectivity index (χ1v) is 5.84. The normalized spacial score (nSPS) is 10.8. The van der Waals surface area contributed by atoms with Gasteiger partial charge in [-0.25, -0.2) is 14.2 Å². The topological polar surface area (TPSA) is 56.4 Å². The summed E-state index contributed by atoms with van der Waals surface area (Å²) in [7, 11) is 0. The monoisotopic (exact) mass is 253 g/mol. The van der Waals surface area contributed by atoms with E-state index in [9.17, 15) is 9.59 Å². The number of nitrogens with zero attached hydrogens (tertiary/aromatic N) is 3. The van der Waals surface area contributed by atoms with Crippen molar-refractivity contribution < 1.29 is 0 Å². The van der Waals surface area contributed by atoms with Crippen molar-refractivity contribution in [3.05, 3.63) is 75.2 Å². The fraction of sp³-hybridized carbons (Fsp3) is 0.0714. The van der Waals surface area contributed by atoms with Crippen LogP contribution in [0, 0.1) is 6.92 Å². The van der Waals surface area contributed by atoms with E-state index in [0.29, 0.717) is 11.3 Å². The summed E-state index contributed by atoms with van der Waals surface area (Å²) in [5.41, 5.74) is 0.842. The molecule has 0 amide bonds. The predicted molar refractivity (Wildman–Crippen MR) is 71.8 cm³/mol. The SMILES string of the molecule is Cc1ccn2c(=O)n(-c3ccccc3)c(=O)nc2c1. The Morgan fingerprint density at radius 1 is 1.05 bits per heavy atom. The lowest BCUT2D eigenvalue weighted by atomic mass is 10.3. The van der Waals surface area contributed by atoms with Crippen LogP contribution < -0.4 is 11.4 Å². The molecule has 5 heteroatoms. The number of aromatic nitrogens is 3. The second-order valence-corrected chi connectivity index (χ2v) is 4.28. The summed E-state index contributed by atoms with van der Waals surface area (Å²) in [5, 5.41) is 0. The fourth-order valence-electron chi connectivity index (χ4n) is 1.97. The summed E-state index contributed by atoms with van der Waals surface area (Å²) in [6.07, 6.45) is 1.62. The summed E-state index contributed by atoms with van der Waals surface area (Å²) in [6.45, 7) is 1.88. The van der Waals surface area contributed by atoms with Crippen molar-refractivity contribution >= 4 is 5.65 Å². The van der Waals surface area contributed by atoms with Crippen LogP contribution in [0.2, 0.25) is 0 Å². The van der Waals surface area contributed by atoms with Gasteiger partial charge in [-0.1, -0.05) is 18.2 Å². The number of hydrogen-bond acceptors (Lipinski definition) is 3. The van der Waals surface area contributed by atoms with E-state index in [1.54, 1.807) is 42.6 Å². The van der Waals surface area contributed by atoms with Crippen molar-refractivity contribution in [1.82, 2.24) is 14.0 Å². The number of hydrogen-bond donors (Lipinski definition) is 0. The van der Waals surface area contributed by atoms with Crippen LogP contribution in [0.1, 0.15) is 5.56 Å². The molecule has 0 aliphatic carbocycles. The minimum Gasteiger partial charge on any atom is -0.252 e. The molecule has 94 valence electrons. The summed E-state index contributed by atoms with van der Waals surface area (Å²) in [4.78, 5) is 28.3. The van der Waals surface area contributed by atoms with Gasteiger partial charge < -0.3 is 0 Å². The van der Waals surface area contributed by atoms with Crippen LogP contribution in [0.3, 0.4) is 0 Å². The molecule has 0 saturated heterocycles. The predicted octanol–water partition coefficient (Wildman–Crippen LogP) is 1.15. The van der Waals surface area contributed by atoms with E-state index in [4.69, 9.17) is 0 Å². The molecule has 19 heavy (non-hydrogen) atoms. The smallest absolute Gasteiger partial charge is 0.252 e.